The quantitative estimate of drug-likeness (QED) is 0.472. The minimum absolute atomic E-state index is 0.118. The fourth-order valence-electron chi connectivity index (χ4n) is 2.57. The first-order valence-corrected chi connectivity index (χ1v) is 8.38. The molecule has 0 aliphatic rings. The summed E-state index contributed by atoms with van der Waals surface area (Å²) in [6, 6.07) is 13.2. The fraction of sp³-hybridized carbons (Fsp3) is 0.105. The summed E-state index contributed by atoms with van der Waals surface area (Å²) < 4.78 is 40.5. The molecule has 0 saturated heterocycles. The Morgan fingerprint density at radius 3 is 2.30 bits per heavy atom. The van der Waals surface area contributed by atoms with Gasteiger partial charge in [0.1, 0.15) is 5.56 Å². The molecule has 1 N–H and O–H groups in total. The molecule has 0 fully saturated rings. The van der Waals surface area contributed by atoms with E-state index in [0.29, 0.717) is 23.1 Å². The summed E-state index contributed by atoms with van der Waals surface area (Å²) >= 11 is 0. The lowest BCUT2D eigenvalue weighted by molar-refractivity contribution is -0.384. The summed E-state index contributed by atoms with van der Waals surface area (Å²) in [7, 11) is 1.41. The number of aromatic nitrogens is 2. The highest BCUT2D eigenvalue weighted by atomic mass is 19.4. The van der Waals surface area contributed by atoms with Crippen molar-refractivity contribution in [2.24, 2.45) is 0 Å². The van der Waals surface area contributed by atoms with Crippen molar-refractivity contribution in [2.75, 3.05) is 17.3 Å². The Morgan fingerprint density at radius 2 is 1.77 bits per heavy atom. The van der Waals surface area contributed by atoms with Crippen LogP contribution in [0.4, 0.5) is 42.0 Å². The van der Waals surface area contributed by atoms with Crippen molar-refractivity contribution in [1.82, 2.24) is 9.97 Å². The number of anilines is 4. The van der Waals surface area contributed by atoms with E-state index in [1.807, 2.05) is 6.07 Å². The van der Waals surface area contributed by atoms with Crippen LogP contribution in [0.15, 0.2) is 54.7 Å². The first-order valence-electron chi connectivity index (χ1n) is 8.38. The number of nitriles is 1. The third-order valence-corrected chi connectivity index (χ3v) is 4.11. The summed E-state index contributed by atoms with van der Waals surface area (Å²) in [6.45, 7) is 0. The van der Waals surface area contributed by atoms with E-state index in [1.165, 1.54) is 60.5 Å². The summed E-state index contributed by atoms with van der Waals surface area (Å²) in [6.07, 6.45) is -4.03. The smallest absolute Gasteiger partial charge is 0.329 e. The van der Waals surface area contributed by atoms with Gasteiger partial charge in [0.05, 0.1) is 16.6 Å². The average Bonchev–Trinajstić information content (AvgIpc) is 2.73. The van der Waals surface area contributed by atoms with Gasteiger partial charge in [-0.15, -0.1) is 0 Å². The van der Waals surface area contributed by atoms with Crippen LogP contribution in [0.3, 0.4) is 0 Å². The summed E-state index contributed by atoms with van der Waals surface area (Å²) in [5, 5.41) is 22.3. The van der Waals surface area contributed by atoms with Gasteiger partial charge < -0.3 is 10.2 Å². The first kappa shape index (κ1) is 20.5. The molecule has 1 heterocycles. The zero-order valence-electron chi connectivity index (χ0n) is 15.4. The summed E-state index contributed by atoms with van der Waals surface area (Å²) in [4.78, 5) is 19.1. The Kier molecular flexibility index (Phi) is 5.50. The molecule has 30 heavy (non-hydrogen) atoms. The fourth-order valence-corrected chi connectivity index (χ4v) is 2.57. The molecule has 1 aromatic heterocycles. The Labute approximate surface area is 168 Å². The third-order valence-electron chi connectivity index (χ3n) is 4.11. The number of nitro groups is 1. The number of nitrogens with one attached hydrogen (secondary N) is 1. The Balaban J connectivity index is 1.97. The van der Waals surface area contributed by atoms with Gasteiger partial charge in [-0.1, -0.05) is 0 Å². The van der Waals surface area contributed by atoms with Gasteiger partial charge in [0.15, 0.2) is 5.82 Å². The van der Waals surface area contributed by atoms with Crippen LogP contribution in [0.2, 0.25) is 0 Å². The second-order valence-corrected chi connectivity index (χ2v) is 6.08. The minimum Gasteiger partial charge on any atom is -0.329 e. The molecule has 0 amide bonds. The lowest BCUT2D eigenvalue weighted by Crippen LogP contribution is -2.19. The molecule has 3 aromatic rings. The number of hydrogen-bond acceptors (Lipinski definition) is 7. The normalized spacial score (nSPS) is 10.9. The molecule has 2 aromatic carbocycles. The number of hydrogen-bond donors (Lipinski definition) is 1. The van der Waals surface area contributed by atoms with Crippen LogP contribution in [0.25, 0.3) is 0 Å². The highest BCUT2D eigenvalue weighted by Gasteiger charge is 2.36. The zero-order valence-corrected chi connectivity index (χ0v) is 15.4. The van der Waals surface area contributed by atoms with Crippen LogP contribution in [-0.2, 0) is 6.18 Å². The maximum atomic E-state index is 13.5. The number of halogens is 3. The van der Waals surface area contributed by atoms with Crippen molar-refractivity contribution < 1.29 is 18.1 Å². The lowest BCUT2D eigenvalue weighted by Gasteiger charge is -2.23. The van der Waals surface area contributed by atoms with E-state index in [2.05, 4.69) is 15.3 Å². The number of nitrogens with zero attached hydrogens (tertiary/aromatic N) is 5. The van der Waals surface area contributed by atoms with Gasteiger partial charge in [-0.05, 0) is 36.4 Å². The van der Waals surface area contributed by atoms with Crippen LogP contribution in [0, 0.1) is 21.4 Å². The van der Waals surface area contributed by atoms with E-state index >= 15 is 0 Å². The van der Waals surface area contributed by atoms with Gasteiger partial charge in [-0.25, -0.2) is 4.98 Å². The largest absolute Gasteiger partial charge is 0.421 e. The molecule has 0 saturated carbocycles. The predicted octanol–water partition coefficient (Wildman–Crippen LogP) is 4.79. The summed E-state index contributed by atoms with van der Waals surface area (Å²) in [5.74, 6) is -0.515. The van der Waals surface area contributed by atoms with Crippen LogP contribution in [-0.4, -0.2) is 21.9 Å². The van der Waals surface area contributed by atoms with Crippen LogP contribution >= 0.6 is 0 Å². The highest BCUT2D eigenvalue weighted by molar-refractivity contribution is 5.65. The van der Waals surface area contributed by atoms with Crippen molar-refractivity contribution in [3.05, 3.63) is 76.0 Å². The molecule has 0 radical (unpaired) electrons. The lowest BCUT2D eigenvalue weighted by atomic mass is 10.2. The topological polar surface area (TPSA) is 108 Å². The number of nitro benzene ring substituents is 1. The van der Waals surface area contributed by atoms with Crippen molar-refractivity contribution in [1.29, 1.82) is 5.26 Å². The number of benzene rings is 2. The minimum atomic E-state index is -4.69. The van der Waals surface area contributed by atoms with Gasteiger partial charge in [0, 0.05) is 36.8 Å². The third kappa shape index (κ3) is 4.44. The first-order chi connectivity index (χ1) is 14.2. The van der Waals surface area contributed by atoms with Crippen LogP contribution < -0.4 is 10.2 Å². The van der Waals surface area contributed by atoms with E-state index in [9.17, 15) is 23.3 Å². The van der Waals surface area contributed by atoms with Crippen molar-refractivity contribution in [3.63, 3.8) is 0 Å². The molecule has 0 aliphatic heterocycles. The molecule has 0 unspecified atom stereocenters. The van der Waals surface area contributed by atoms with Gasteiger partial charge in [-0.3, -0.25) is 10.1 Å². The van der Waals surface area contributed by atoms with E-state index < -0.39 is 22.5 Å². The molecule has 3 rings (SSSR count). The maximum absolute atomic E-state index is 13.5. The second kappa shape index (κ2) is 8.04. The zero-order chi connectivity index (χ0) is 21.9. The predicted molar refractivity (Wildman–Crippen MR) is 103 cm³/mol. The van der Waals surface area contributed by atoms with Crippen LogP contribution in [0.5, 0.6) is 0 Å². The maximum Gasteiger partial charge on any atom is 0.421 e. The molecule has 0 aliphatic carbocycles. The Bertz CT molecular complexity index is 1110. The number of alkyl halides is 3. The second-order valence-electron chi connectivity index (χ2n) is 6.08. The summed E-state index contributed by atoms with van der Waals surface area (Å²) in [5.41, 5.74) is -0.0445. The standard InChI is InChI=1S/C19H13F3N6O2/c1-27(14-6-2-12(10-23)3-7-14)17-16(19(20,21)22)11-24-18(26-17)25-13-4-8-15(9-5-13)28(29)30/h2-9,11H,1H3,(H,24,25,26). The van der Waals surface area contributed by atoms with Gasteiger partial charge in [-0.2, -0.15) is 23.4 Å². The molecule has 8 nitrogen and oxygen atoms in total. The number of non-ortho nitro benzene ring substituents is 1. The SMILES string of the molecule is CN(c1ccc(C#N)cc1)c1nc(Nc2ccc([N+](=O)[O-])cc2)ncc1C(F)(F)F. The van der Waals surface area contributed by atoms with Crippen molar-refractivity contribution in [3.8, 4) is 6.07 Å². The van der Waals surface area contributed by atoms with Crippen molar-refractivity contribution in [2.45, 2.75) is 6.18 Å². The molecular weight excluding hydrogens is 401 g/mol. The molecule has 0 bridgehead atoms. The van der Waals surface area contributed by atoms with E-state index in [0.717, 1.165) is 0 Å². The van der Waals surface area contributed by atoms with E-state index in [4.69, 9.17) is 5.26 Å². The Morgan fingerprint density at radius 1 is 1.13 bits per heavy atom. The van der Waals surface area contributed by atoms with Gasteiger partial charge >= 0.3 is 6.18 Å². The molecule has 11 heteroatoms. The molecule has 152 valence electrons. The highest BCUT2D eigenvalue weighted by Crippen LogP contribution is 2.37. The van der Waals surface area contributed by atoms with Crippen molar-refractivity contribution >= 4 is 28.8 Å². The van der Waals surface area contributed by atoms with Crippen LogP contribution in [0.1, 0.15) is 11.1 Å². The van der Waals surface area contributed by atoms with Gasteiger partial charge in [0.25, 0.3) is 5.69 Å². The molecule has 0 spiro atoms. The number of rotatable bonds is 5. The molecular formula is C19H13F3N6O2. The molecule has 0 atom stereocenters. The van der Waals surface area contributed by atoms with E-state index in [1.54, 1.807) is 0 Å². The van der Waals surface area contributed by atoms with E-state index in [-0.39, 0.29) is 11.6 Å². The average molecular weight is 414 g/mol. The van der Waals surface area contributed by atoms with Gasteiger partial charge in [0.2, 0.25) is 5.95 Å². The Hall–Kier alpha value is -4.20. The monoisotopic (exact) mass is 414 g/mol.